The third kappa shape index (κ3) is 3.45. The first kappa shape index (κ1) is 17.7. The quantitative estimate of drug-likeness (QED) is 0.806. The van der Waals surface area contributed by atoms with Gasteiger partial charge in [0, 0.05) is 24.8 Å². The summed E-state index contributed by atoms with van der Waals surface area (Å²) >= 11 is 0. The van der Waals surface area contributed by atoms with Crippen LogP contribution in [0.1, 0.15) is 57.4 Å². The molecule has 1 saturated carbocycles. The number of nitrogens with zero attached hydrogens (tertiary/aromatic N) is 3. The number of sulfonamides is 1. The van der Waals surface area contributed by atoms with E-state index in [9.17, 15) is 8.42 Å². The van der Waals surface area contributed by atoms with Crippen molar-refractivity contribution in [2.75, 3.05) is 13.1 Å². The van der Waals surface area contributed by atoms with E-state index in [0.717, 1.165) is 44.1 Å². The first-order valence-electron chi connectivity index (χ1n) is 9.81. The molecule has 0 atom stereocenters. The lowest BCUT2D eigenvalue weighted by molar-refractivity contribution is 0.423. The first-order valence-corrected chi connectivity index (χ1v) is 11.2. The standard InChI is InChI=1S/C20H27N3O2S/c24-26(25,22-14-8-1-2-9-15-22)19-16-23(18-12-6-7-13-18)21-20(19)17-10-4-3-5-11-17/h3-5,10-11,16,18H,1-2,6-9,12-15H2. The highest BCUT2D eigenvalue weighted by molar-refractivity contribution is 7.89. The van der Waals surface area contributed by atoms with Crippen molar-refractivity contribution in [1.82, 2.24) is 14.1 Å². The van der Waals surface area contributed by atoms with Crippen molar-refractivity contribution in [3.63, 3.8) is 0 Å². The van der Waals surface area contributed by atoms with Crippen molar-refractivity contribution < 1.29 is 8.42 Å². The van der Waals surface area contributed by atoms with Gasteiger partial charge in [0.05, 0.1) is 6.04 Å². The molecule has 2 heterocycles. The van der Waals surface area contributed by atoms with Crippen LogP contribution in [0.3, 0.4) is 0 Å². The zero-order valence-electron chi connectivity index (χ0n) is 15.2. The molecule has 4 rings (SSSR count). The van der Waals surface area contributed by atoms with Crippen LogP contribution in [-0.2, 0) is 10.0 Å². The largest absolute Gasteiger partial charge is 0.268 e. The topological polar surface area (TPSA) is 55.2 Å². The van der Waals surface area contributed by atoms with Crippen LogP contribution in [0.5, 0.6) is 0 Å². The summed E-state index contributed by atoms with van der Waals surface area (Å²) in [6.07, 6.45) is 10.4. The molecule has 1 saturated heterocycles. The molecule has 1 aliphatic heterocycles. The maximum atomic E-state index is 13.4. The normalized spacial score (nSPS) is 20.3. The maximum Gasteiger partial charge on any atom is 0.246 e. The molecule has 6 heteroatoms. The molecule has 2 aromatic rings. The fourth-order valence-corrected chi connectivity index (χ4v) is 5.80. The molecule has 0 radical (unpaired) electrons. The summed E-state index contributed by atoms with van der Waals surface area (Å²) in [5, 5.41) is 4.76. The molecule has 1 aromatic heterocycles. The highest BCUT2D eigenvalue weighted by Crippen LogP contribution is 2.34. The lowest BCUT2D eigenvalue weighted by Crippen LogP contribution is -2.32. The van der Waals surface area contributed by atoms with Crippen LogP contribution in [0.15, 0.2) is 41.4 Å². The van der Waals surface area contributed by atoms with Gasteiger partial charge >= 0.3 is 0 Å². The Bertz CT molecular complexity index is 831. The summed E-state index contributed by atoms with van der Waals surface area (Å²) < 4.78 is 30.5. The summed E-state index contributed by atoms with van der Waals surface area (Å²) in [5.74, 6) is 0. The average molecular weight is 374 g/mol. The van der Waals surface area contributed by atoms with Gasteiger partial charge in [0.25, 0.3) is 0 Å². The van der Waals surface area contributed by atoms with Gasteiger partial charge in [-0.3, -0.25) is 4.68 Å². The van der Waals surface area contributed by atoms with E-state index in [1.807, 2.05) is 35.0 Å². The number of benzene rings is 1. The minimum absolute atomic E-state index is 0.325. The Morgan fingerprint density at radius 1 is 0.885 bits per heavy atom. The molecule has 0 N–H and O–H groups in total. The van der Waals surface area contributed by atoms with E-state index in [4.69, 9.17) is 5.10 Å². The van der Waals surface area contributed by atoms with Crippen LogP contribution >= 0.6 is 0 Å². The van der Waals surface area contributed by atoms with Crippen molar-refractivity contribution in [3.05, 3.63) is 36.5 Å². The lowest BCUT2D eigenvalue weighted by atomic mass is 10.2. The smallest absolute Gasteiger partial charge is 0.246 e. The summed E-state index contributed by atoms with van der Waals surface area (Å²) in [7, 11) is -3.52. The van der Waals surface area contributed by atoms with Gasteiger partial charge in [0.2, 0.25) is 10.0 Å². The third-order valence-electron chi connectivity index (χ3n) is 5.63. The second-order valence-corrected chi connectivity index (χ2v) is 9.35. The first-order chi connectivity index (χ1) is 12.7. The monoisotopic (exact) mass is 373 g/mol. The summed E-state index contributed by atoms with van der Waals surface area (Å²) in [6, 6.07) is 10.0. The number of hydrogen-bond donors (Lipinski definition) is 0. The predicted molar refractivity (Wildman–Crippen MR) is 102 cm³/mol. The molecule has 26 heavy (non-hydrogen) atoms. The molecule has 2 aliphatic rings. The zero-order valence-corrected chi connectivity index (χ0v) is 16.0. The molecule has 0 unspecified atom stereocenters. The Morgan fingerprint density at radius 3 is 2.19 bits per heavy atom. The van der Waals surface area contributed by atoms with Crippen molar-refractivity contribution in [2.24, 2.45) is 0 Å². The van der Waals surface area contributed by atoms with E-state index in [0.29, 0.717) is 29.7 Å². The molecule has 0 spiro atoms. The SMILES string of the molecule is O=S(=O)(c1cn(C2CCCC2)nc1-c1ccccc1)N1CCCCCC1. The van der Waals surface area contributed by atoms with Crippen molar-refractivity contribution in [1.29, 1.82) is 0 Å². The van der Waals surface area contributed by atoms with Crippen LogP contribution in [0.25, 0.3) is 11.3 Å². The van der Waals surface area contributed by atoms with Gasteiger partial charge in [0.15, 0.2) is 0 Å². The molecular formula is C20H27N3O2S. The van der Waals surface area contributed by atoms with E-state index in [2.05, 4.69) is 0 Å². The van der Waals surface area contributed by atoms with Gasteiger partial charge in [0.1, 0.15) is 10.6 Å². The van der Waals surface area contributed by atoms with Gasteiger partial charge in [-0.1, -0.05) is 56.0 Å². The van der Waals surface area contributed by atoms with Crippen LogP contribution in [0, 0.1) is 0 Å². The van der Waals surface area contributed by atoms with Crippen LogP contribution in [0.2, 0.25) is 0 Å². The minimum atomic E-state index is -3.52. The van der Waals surface area contributed by atoms with E-state index in [1.165, 1.54) is 12.8 Å². The van der Waals surface area contributed by atoms with E-state index in [-0.39, 0.29) is 0 Å². The second-order valence-electron chi connectivity index (χ2n) is 7.44. The van der Waals surface area contributed by atoms with Crippen molar-refractivity contribution in [2.45, 2.75) is 62.3 Å². The highest BCUT2D eigenvalue weighted by Gasteiger charge is 2.32. The number of hydrogen-bond acceptors (Lipinski definition) is 3. The Morgan fingerprint density at radius 2 is 1.54 bits per heavy atom. The fourth-order valence-electron chi connectivity index (χ4n) is 4.14. The molecular weight excluding hydrogens is 346 g/mol. The lowest BCUT2D eigenvalue weighted by Gasteiger charge is -2.19. The van der Waals surface area contributed by atoms with E-state index in [1.54, 1.807) is 10.5 Å². The van der Waals surface area contributed by atoms with Gasteiger partial charge in [-0.05, 0) is 25.7 Å². The van der Waals surface area contributed by atoms with Gasteiger partial charge < -0.3 is 0 Å². The minimum Gasteiger partial charge on any atom is -0.268 e. The highest BCUT2D eigenvalue weighted by atomic mass is 32.2. The third-order valence-corrected chi connectivity index (χ3v) is 7.53. The number of rotatable bonds is 4. The maximum absolute atomic E-state index is 13.4. The molecule has 1 aromatic carbocycles. The Hall–Kier alpha value is -1.66. The fraction of sp³-hybridized carbons (Fsp3) is 0.550. The number of aromatic nitrogens is 2. The molecule has 2 fully saturated rings. The zero-order chi connectivity index (χ0) is 18.0. The summed E-state index contributed by atoms with van der Waals surface area (Å²) in [6.45, 7) is 1.23. The Kier molecular flexibility index (Phi) is 5.14. The van der Waals surface area contributed by atoms with Crippen LogP contribution in [0.4, 0.5) is 0 Å². The second kappa shape index (κ2) is 7.53. The van der Waals surface area contributed by atoms with Gasteiger partial charge in [-0.15, -0.1) is 0 Å². The van der Waals surface area contributed by atoms with Crippen molar-refractivity contribution in [3.8, 4) is 11.3 Å². The molecule has 1 aliphatic carbocycles. The average Bonchev–Trinajstić information content (AvgIpc) is 3.26. The molecule has 0 amide bonds. The van der Waals surface area contributed by atoms with E-state index >= 15 is 0 Å². The molecule has 5 nitrogen and oxygen atoms in total. The summed E-state index contributed by atoms with van der Waals surface area (Å²) in [5.41, 5.74) is 1.47. The van der Waals surface area contributed by atoms with E-state index < -0.39 is 10.0 Å². The summed E-state index contributed by atoms with van der Waals surface area (Å²) in [4.78, 5) is 0.373. The molecule has 0 bridgehead atoms. The Labute approximate surface area is 156 Å². The predicted octanol–water partition coefficient (Wildman–Crippen LogP) is 4.23. The molecule has 140 valence electrons. The van der Waals surface area contributed by atoms with Crippen LogP contribution in [-0.4, -0.2) is 35.6 Å². The van der Waals surface area contributed by atoms with Gasteiger partial charge in [-0.25, -0.2) is 8.42 Å². The van der Waals surface area contributed by atoms with Crippen LogP contribution < -0.4 is 0 Å². The Balaban J connectivity index is 1.77. The van der Waals surface area contributed by atoms with Crippen molar-refractivity contribution >= 4 is 10.0 Å². The van der Waals surface area contributed by atoms with Gasteiger partial charge in [-0.2, -0.15) is 9.40 Å².